The van der Waals surface area contributed by atoms with Crippen molar-refractivity contribution in [2.24, 2.45) is 0 Å². The number of nitro benzene ring substituents is 1. The van der Waals surface area contributed by atoms with Crippen LogP contribution in [0.5, 0.6) is 0 Å². The Bertz CT molecular complexity index is 1870. The number of alkyl halides is 3. The molecule has 0 spiro atoms. The van der Waals surface area contributed by atoms with E-state index in [0.717, 1.165) is 26.9 Å². The number of carboxylic acid groups (broad SMARTS) is 3. The number of unbranched alkanes of at least 4 members (excludes halogenated alkanes) is 4. The number of hydrogen-bond acceptors (Lipinski definition) is 11. The summed E-state index contributed by atoms with van der Waals surface area (Å²) >= 11 is 2.70. The number of ketones is 1. The van der Waals surface area contributed by atoms with Crippen LogP contribution in [0.25, 0.3) is 11.3 Å². The van der Waals surface area contributed by atoms with Gasteiger partial charge in [0.05, 0.1) is 40.8 Å². The van der Waals surface area contributed by atoms with Crippen molar-refractivity contribution in [3.05, 3.63) is 77.2 Å². The van der Waals surface area contributed by atoms with Gasteiger partial charge in [0.2, 0.25) is 0 Å². The van der Waals surface area contributed by atoms with Crippen LogP contribution in [0.2, 0.25) is 0 Å². The zero-order chi connectivity index (χ0) is 45.6. The summed E-state index contributed by atoms with van der Waals surface area (Å²) in [7, 11) is 1.37. The molecule has 0 saturated carbocycles. The Morgan fingerprint density at radius 1 is 0.867 bits per heavy atom. The fourth-order valence-corrected chi connectivity index (χ4v) is 6.59. The second-order valence-electron chi connectivity index (χ2n) is 13.5. The number of rotatable bonds is 21. The highest BCUT2D eigenvalue weighted by Gasteiger charge is 2.37. The van der Waals surface area contributed by atoms with Crippen molar-refractivity contribution in [3.63, 3.8) is 0 Å². The Kier molecular flexibility index (Phi) is 24.1. The average Bonchev–Trinajstić information content (AvgIpc) is 3.56. The van der Waals surface area contributed by atoms with Crippen molar-refractivity contribution in [2.75, 3.05) is 59.4 Å². The normalized spacial score (nSPS) is 10.9. The molecule has 60 heavy (non-hydrogen) atoms. The number of nitrogens with one attached hydrogen (secondary N) is 1. The molecule has 0 atom stereocenters. The Hall–Kier alpha value is -4.74. The molecule has 21 heteroatoms. The maximum atomic E-state index is 12.8. The Labute approximate surface area is 364 Å². The van der Waals surface area contributed by atoms with E-state index < -0.39 is 34.0 Å². The zero-order valence-corrected chi connectivity index (χ0v) is 37.1. The molecule has 0 unspecified atom stereocenters. The van der Waals surface area contributed by atoms with Crippen LogP contribution in [0, 0.1) is 27.5 Å². The summed E-state index contributed by atoms with van der Waals surface area (Å²) in [6, 6.07) is 11.2. The fraction of sp³-hybridized carbons (Fsp3) is 0.487. The molecule has 0 aliphatic rings. The summed E-state index contributed by atoms with van der Waals surface area (Å²) in [5, 5.41) is 40.4. The van der Waals surface area contributed by atoms with Crippen LogP contribution in [0.3, 0.4) is 0 Å². The number of aryl methyl sites for hydroxylation is 2. The van der Waals surface area contributed by atoms with Gasteiger partial charge in [0.25, 0.3) is 11.6 Å². The number of carbonyl (C=O) groups is 5. The number of Topliss-reactive ketones (excluding diaryl/α,β-unsaturated/α-hetero) is 1. The zero-order valence-electron chi connectivity index (χ0n) is 34.1. The number of hydrogen-bond donors (Lipinski definition) is 4. The van der Waals surface area contributed by atoms with Gasteiger partial charge in [-0.1, -0.05) is 62.4 Å². The predicted octanol–water partition coefficient (Wildman–Crippen LogP) is 7.30. The molecule has 2 amide bonds. The third-order valence-electron chi connectivity index (χ3n) is 8.26. The number of carboxylic acids is 2. The van der Waals surface area contributed by atoms with E-state index in [-0.39, 0.29) is 68.9 Å². The van der Waals surface area contributed by atoms with Crippen LogP contribution >= 0.6 is 33.9 Å². The number of benzene rings is 2. The lowest BCUT2D eigenvalue weighted by Gasteiger charge is -2.26. The molecule has 4 N–H and O–H groups in total. The Morgan fingerprint density at radius 3 is 1.97 bits per heavy atom. The first-order chi connectivity index (χ1) is 28.0. The lowest BCUT2D eigenvalue weighted by Crippen LogP contribution is -2.44. The van der Waals surface area contributed by atoms with Crippen molar-refractivity contribution in [3.8, 4) is 11.3 Å². The summed E-state index contributed by atoms with van der Waals surface area (Å²) in [6.07, 6.45) is 0.170. The number of halogens is 4. The van der Waals surface area contributed by atoms with E-state index in [4.69, 9.17) is 15.3 Å². The molecule has 0 radical (unpaired) electrons. The summed E-state index contributed by atoms with van der Waals surface area (Å²) in [5.74, 6) is -2.59. The number of aromatic nitrogens is 1. The fourth-order valence-electron chi connectivity index (χ4n) is 5.20. The van der Waals surface area contributed by atoms with Crippen LogP contribution in [-0.4, -0.2) is 129 Å². The molecule has 0 aliphatic heterocycles. The number of amides is 2. The van der Waals surface area contributed by atoms with E-state index in [9.17, 15) is 47.3 Å². The SMILES string of the molecule is CC(=O)CN(CCN(CCN(C)C(=O)O)CC(=O)O)CC(=O)O.CCCCCCCNC(=O)c1cc([N+](=O)[O-])ccc1I.Cc1ccc(-c2nc(C)sc2C(F)(F)F)cc1. The van der Waals surface area contributed by atoms with Gasteiger partial charge >= 0.3 is 24.2 Å². The lowest BCUT2D eigenvalue weighted by atomic mass is 10.1. The van der Waals surface area contributed by atoms with E-state index in [2.05, 4.69) is 17.2 Å². The quantitative estimate of drug-likeness (QED) is 0.0356. The molecule has 3 rings (SSSR count). The summed E-state index contributed by atoms with van der Waals surface area (Å²) in [4.78, 5) is 73.0. The van der Waals surface area contributed by atoms with E-state index in [1.165, 1.54) is 55.2 Å². The summed E-state index contributed by atoms with van der Waals surface area (Å²) < 4.78 is 39.1. The van der Waals surface area contributed by atoms with Crippen LogP contribution in [0.4, 0.5) is 23.7 Å². The van der Waals surface area contributed by atoms with Gasteiger partial charge < -0.3 is 25.5 Å². The van der Waals surface area contributed by atoms with E-state index >= 15 is 0 Å². The summed E-state index contributed by atoms with van der Waals surface area (Å²) in [6.45, 7) is 7.63. The molecule has 0 fully saturated rings. The number of carbonyl (C=O) groups excluding carboxylic acids is 2. The van der Waals surface area contributed by atoms with Crippen molar-refractivity contribution < 1.29 is 57.4 Å². The first-order valence-corrected chi connectivity index (χ1v) is 20.6. The number of nitrogens with zero attached hydrogens (tertiary/aromatic N) is 5. The van der Waals surface area contributed by atoms with Gasteiger partial charge in [-0.2, -0.15) is 13.2 Å². The monoisotopic (exact) mass is 980 g/mol. The van der Waals surface area contributed by atoms with Crippen molar-refractivity contribution in [1.82, 2.24) is 25.0 Å². The third-order valence-corrected chi connectivity index (χ3v) is 10.2. The minimum Gasteiger partial charge on any atom is -0.480 e. The largest absolute Gasteiger partial charge is 0.480 e. The minimum atomic E-state index is -4.34. The van der Waals surface area contributed by atoms with Gasteiger partial charge in [-0.15, -0.1) is 11.3 Å². The maximum Gasteiger partial charge on any atom is 0.427 e. The molecule has 3 aromatic rings. The number of nitro groups is 1. The summed E-state index contributed by atoms with van der Waals surface area (Å²) in [5.41, 5.74) is 1.86. The minimum absolute atomic E-state index is 0.0278. The highest BCUT2D eigenvalue weighted by Crippen LogP contribution is 2.40. The number of aliphatic carboxylic acids is 2. The predicted molar refractivity (Wildman–Crippen MR) is 228 cm³/mol. The smallest absolute Gasteiger partial charge is 0.427 e. The number of thiazole rings is 1. The van der Waals surface area contributed by atoms with Gasteiger partial charge in [0.15, 0.2) is 0 Å². The van der Waals surface area contributed by atoms with Crippen molar-refractivity contribution >= 4 is 69.3 Å². The molecule has 1 heterocycles. The lowest BCUT2D eigenvalue weighted by molar-refractivity contribution is -0.384. The molecular formula is C39H52F3IN6O10S. The molecule has 16 nitrogen and oxygen atoms in total. The first kappa shape index (κ1) is 53.3. The number of non-ortho nitro benzene ring substituents is 1. The standard InChI is InChI=1S/C14H19IN2O3.C13H23N3O7.C12H10F3NS/c1-2-3-4-5-6-9-16-14(18)12-10-11(17(19)20)7-8-13(12)15;1-10(17)7-16(9-12(20)21)6-5-15(8-11(18)19)4-3-14(2)13(22)23;1-7-3-5-9(6-4-7)10-11(12(13,14)15)17-8(2)16-10/h7-8,10H,2-6,9H2,1H3,(H,16,18);3-9H2,1-2H3,(H,18,19)(H,20,21)(H,22,23);3-6H,1-2H3. The van der Waals surface area contributed by atoms with Crippen LogP contribution in [0.15, 0.2) is 42.5 Å². The molecular weight excluding hydrogens is 928 g/mol. The Balaban J connectivity index is 0.000000454. The van der Waals surface area contributed by atoms with E-state index in [1.807, 2.05) is 29.5 Å². The third kappa shape index (κ3) is 21.5. The molecule has 0 aliphatic carbocycles. The molecule has 2 aromatic carbocycles. The van der Waals surface area contributed by atoms with Crippen LogP contribution < -0.4 is 5.32 Å². The average molecular weight is 981 g/mol. The topological polar surface area (TPSA) is 224 Å². The van der Waals surface area contributed by atoms with Gasteiger partial charge in [-0.3, -0.25) is 39.1 Å². The maximum absolute atomic E-state index is 12.8. The van der Waals surface area contributed by atoms with Gasteiger partial charge in [-0.25, -0.2) is 9.78 Å². The molecule has 0 saturated heterocycles. The van der Waals surface area contributed by atoms with E-state index in [0.29, 0.717) is 34.0 Å². The van der Waals surface area contributed by atoms with E-state index in [1.54, 1.807) is 37.3 Å². The van der Waals surface area contributed by atoms with Crippen LogP contribution in [0.1, 0.15) is 71.8 Å². The second-order valence-corrected chi connectivity index (χ2v) is 15.9. The van der Waals surface area contributed by atoms with Crippen molar-refractivity contribution in [1.29, 1.82) is 0 Å². The first-order valence-electron chi connectivity index (χ1n) is 18.7. The highest BCUT2D eigenvalue weighted by atomic mass is 127. The van der Waals surface area contributed by atoms with Gasteiger partial charge in [-0.05, 0) is 55.8 Å². The van der Waals surface area contributed by atoms with Gasteiger partial charge in [0, 0.05) is 61.0 Å². The van der Waals surface area contributed by atoms with Crippen molar-refractivity contribution in [2.45, 2.75) is 66.0 Å². The molecule has 332 valence electrons. The molecule has 0 bridgehead atoms. The number of likely N-dealkylation sites (N-methyl/N-ethyl adjacent to an activating group) is 1. The van der Waals surface area contributed by atoms with Crippen LogP contribution in [-0.2, 0) is 20.6 Å². The Morgan fingerprint density at radius 2 is 1.43 bits per heavy atom. The molecule has 1 aromatic heterocycles. The highest BCUT2D eigenvalue weighted by molar-refractivity contribution is 14.1. The van der Waals surface area contributed by atoms with Gasteiger partial charge in [0.1, 0.15) is 10.7 Å². The second kappa shape index (κ2) is 27.2.